The molecule has 4 nitrogen and oxygen atoms in total. The van der Waals surface area contributed by atoms with Gasteiger partial charge in [-0.25, -0.2) is 0 Å². The number of phenolic OH excluding ortho intramolecular Hbond substituents is 1. The summed E-state index contributed by atoms with van der Waals surface area (Å²) in [6.07, 6.45) is 0. The molecular weight excluding hydrogens is 290 g/mol. The number of aromatic hydroxyl groups is 1. The molecule has 0 aliphatic carbocycles. The number of benzene rings is 2. The number of nitrogens with one attached hydrogen (secondary N) is 1. The number of ether oxygens (including phenoxy) is 2. The highest BCUT2D eigenvalue weighted by Crippen LogP contribution is 2.30. The first kappa shape index (κ1) is 15.3. The maximum Gasteiger partial charge on any atom is 0.142 e. The Morgan fingerprint density at radius 2 is 2.00 bits per heavy atom. The van der Waals surface area contributed by atoms with Crippen molar-refractivity contribution in [2.75, 3.05) is 19.0 Å². The highest BCUT2D eigenvalue weighted by Gasteiger charge is 2.07. The first-order valence-corrected chi connectivity index (χ1v) is 7.04. The zero-order valence-corrected chi connectivity index (χ0v) is 12.8. The van der Waals surface area contributed by atoms with E-state index < -0.39 is 0 Å². The Morgan fingerprint density at radius 3 is 2.67 bits per heavy atom. The van der Waals surface area contributed by atoms with Gasteiger partial charge in [-0.05, 0) is 37.3 Å². The van der Waals surface area contributed by atoms with Crippen molar-refractivity contribution in [1.82, 2.24) is 0 Å². The van der Waals surface area contributed by atoms with Crippen LogP contribution in [0.25, 0.3) is 0 Å². The summed E-state index contributed by atoms with van der Waals surface area (Å²) < 4.78 is 10.6. The van der Waals surface area contributed by atoms with E-state index in [1.807, 2.05) is 19.1 Å². The van der Waals surface area contributed by atoms with Gasteiger partial charge in [0.25, 0.3) is 0 Å². The van der Waals surface area contributed by atoms with E-state index in [-0.39, 0.29) is 5.75 Å². The molecule has 0 saturated carbocycles. The summed E-state index contributed by atoms with van der Waals surface area (Å²) in [6, 6.07) is 10.6. The predicted octanol–water partition coefficient (Wildman–Crippen LogP) is 4.07. The van der Waals surface area contributed by atoms with Crippen molar-refractivity contribution >= 4 is 17.3 Å². The van der Waals surface area contributed by atoms with Crippen molar-refractivity contribution in [3.05, 3.63) is 47.0 Å². The Balaban J connectivity index is 2.14. The van der Waals surface area contributed by atoms with E-state index in [0.717, 1.165) is 17.0 Å². The van der Waals surface area contributed by atoms with Gasteiger partial charge < -0.3 is 19.9 Å². The number of hydrogen-bond acceptors (Lipinski definition) is 4. The van der Waals surface area contributed by atoms with Crippen molar-refractivity contribution < 1.29 is 14.6 Å². The first-order valence-electron chi connectivity index (χ1n) is 6.66. The third kappa shape index (κ3) is 3.95. The molecule has 0 aromatic heterocycles. The van der Waals surface area contributed by atoms with E-state index in [1.54, 1.807) is 31.4 Å². The van der Waals surface area contributed by atoms with Gasteiger partial charge in [0.1, 0.15) is 17.2 Å². The van der Waals surface area contributed by atoms with Crippen LogP contribution in [0.4, 0.5) is 5.69 Å². The van der Waals surface area contributed by atoms with Crippen LogP contribution in [0.15, 0.2) is 36.4 Å². The number of hydrogen-bond donors (Lipinski definition) is 2. The minimum absolute atomic E-state index is 0.182. The Labute approximate surface area is 129 Å². The molecule has 0 saturated heterocycles. The topological polar surface area (TPSA) is 50.7 Å². The van der Waals surface area contributed by atoms with Crippen LogP contribution in [0, 0.1) is 0 Å². The molecule has 2 N–H and O–H groups in total. The van der Waals surface area contributed by atoms with Gasteiger partial charge in [0.2, 0.25) is 0 Å². The van der Waals surface area contributed by atoms with Gasteiger partial charge in [-0.1, -0.05) is 11.6 Å². The Bertz CT molecular complexity index is 616. The summed E-state index contributed by atoms with van der Waals surface area (Å²) in [5, 5.41) is 13.8. The van der Waals surface area contributed by atoms with E-state index in [0.29, 0.717) is 23.9 Å². The summed E-state index contributed by atoms with van der Waals surface area (Å²) >= 11 is 6.01. The van der Waals surface area contributed by atoms with Gasteiger partial charge in [-0.3, -0.25) is 0 Å². The molecule has 2 rings (SSSR count). The average Bonchev–Trinajstić information content (AvgIpc) is 2.48. The maximum atomic E-state index is 9.95. The number of halogens is 1. The average molecular weight is 308 g/mol. The zero-order chi connectivity index (χ0) is 15.2. The lowest BCUT2D eigenvalue weighted by molar-refractivity contribution is 0.341. The Morgan fingerprint density at radius 1 is 1.19 bits per heavy atom. The van der Waals surface area contributed by atoms with Crippen molar-refractivity contribution in [1.29, 1.82) is 0 Å². The van der Waals surface area contributed by atoms with Gasteiger partial charge in [0.15, 0.2) is 0 Å². The standard InChI is InChI=1S/C16H18ClNO3/c1-3-21-16-7-5-12(17)8-14(16)18-10-11-4-6-13(20-2)9-15(11)19/h4-9,18-19H,3,10H2,1-2H3. The van der Waals surface area contributed by atoms with Crippen molar-refractivity contribution in [2.24, 2.45) is 0 Å². The smallest absolute Gasteiger partial charge is 0.142 e. The lowest BCUT2D eigenvalue weighted by Gasteiger charge is -2.14. The molecular formula is C16H18ClNO3. The molecule has 2 aromatic carbocycles. The summed E-state index contributed by atoms with van der Waals surface area (Å²) in [4.78, 5) is 0. The Hall–Kier alpha value is -2.07. The van der Waals surface area contributed by atoms with E-state index in [1.165, 1.54) is 0 Å². The molecule has 0 radical (unpaired) electrons. The van der Waals surface area contributed by atoms with Crippen LogP contribution < -0.4 is 14.8 Å². The van der Waals surface area contributed by atoms with E-state index in [2.05, 4.69) is 5.32 Å². The van der Waals surface area contributed by atoms with Gasteiger partial charge in [0.05, 0.1) is 19.4 Å². The second-order valence-electron chi connectivity index (χ2n) is 4.42. The third-order valence-electron chi connectivity index (χ3n) is 3.00. The van der Waals surface area contributed by atoms with Crippen LogP contribution in [0.3, 0.4) is 0 Å². The highest BCUT2D eigenvalue weighted by molar-refractivity contribution is 6.30. The van der Waals surface area contributed by atoms with Crippen molar-refractivity contribution in [3.63, 3.8) is 0 Å². The van der Waals surface area contributed by atoms with E-state index >= 15 is 0 Å². The summed E-state index contributed by atoms with van der Waals surface area (Å²) in [5.41, 5.74) is 1.55. The number of anilines is 1. The SMILES string of the molecule is CCOc1ccc(Cl)cc1NCc1ccc(OC)cc1O. The number of methoxy groups -OCH3 is 1. The molecule has 21 heavy (non-hydrogen) atoms. The molecule has 0 aliphatic heterocycles. The first-order chi connectivity index (χ1) is 10.1. The van der Waals surface area contributed by atoms with Gasteiger partial charge in [-0.15, -0.1) is 0 Å². The minimum Gasteiger partial charge on any atom is -0.507 e. The fraction of sp³-hybridized carbons (Fsp3) is 0.250. The quantitative estimate of drug-likeness (QED) is 0.845. The summed E-state index contributed by atoms with van der Waals surface area (Å²) in [5.74, 6) is 1.53. The zero-order valence-electron chi connectivity index (χ0n) is 12.0. The van der Waals surface area contributed by atoms with Crippen molar-refractivity contribution in [2.45, 2.75) is 13.5 Å². The molecule has 0 heterocycles. The minimum atomic E-state index is 0.182. The fourth-order valence-electron chi connectivity index (χ4n) is 1.93. The molecule has 0 amide bonds. The highest BCUT2D eigenvalue weighted by atomic mass is 35.5. The van der Waals surface area contributed by atoms with E-state index in [4.69, 9.17) is 21.1 Å². The molecule has 112 valence electrons. The number of phenols is 1. The molecule has 0 fully saturated rings. The largest absolute Gasteiger partial charge is 0.507 e. The van der Waals surface area contributed by atoms with Crippen molar-refractivity contribution in [3.8, 4) is 17.2 Å². The molecule has 0 atom stereocenters. The molecule has 0 bridgehead atoms. The fourth-order valence-corrected chi connectivity index (χ4v) is 2.10. The second kappa shape index (κ2) is 7.09. The lowest BCUT2D eigenvalue weighted by atomic mass is 10.2. The molecule has 2 aromatic rings. The van der Waals surface area contributed by atoms with Gasteiger partial charge in [0, 0.05) is 23.2 Å². The third-order valence-corrected chi connectivity index (χ3v) is 3.24. The van der Waals surface area contributed by atoms with Crippen LogP contribution in [0.2, 0.25) is 5.02 Å². The summed E-state index contributed by atoms with van der Waals surface area (Å²) in [7, 11) is 1.56. The predicted molar refractivity (Wildman–Crippen MR) is 84.6 cm³/mol. The molecule has 5 heteroatoms. The lowest BCUT2D eigenvalue weighted by Crippen LogP contribution is -2.03. The van der Waals surface area contributed by atoms with E-state index in [9.17, 15) is 5.11 Å². The molecule has 0 spiro atoms. The van der Waals surface area contributed by atoms with Crippen LogP contribution in [0.1, 0.15) is 12.5 Å². The van der Waals surface area contributed by atoms with Gasteiger partial charge >= 0.3 is 0 Å². The summed E-state index contributed by atoms with van der Waals surface area (Å²) in [6.45, 7) is 2.95. The van der Waals surface area contributed by atoms with Crippen LogP contribution in [-0.2, 0) is 6.54 Å². The van der Waals surface area contributed by atoms with Gasteiger partial charge in [-0.2, -0.15) is 0 Å². The second-order valence-corrected chi connectivity index (χ2v) is 4.86. The molecule has 0 aliphatic rings. The maximum absolute atomic E-state index is 9.95. The van der Waals surface area contributed by atoms with Crippen LogP contribution in [-0.4, -0.2) is 18.8 Å². The monoisotopic (exact) mass is 307 g/mol. The molecule has 0 unspecified atom stereocenters. The number of rotatable bonds is 6. The van der Waals surface area contributed by atoms with Crippen LogP contribution >= 0.6 is 11.6 Å². The van der Waals surface area contributed by atoms with Crippen LogP contribution in [0.5, 0.6) is 17.2 Å². The Kier molecular flexibility index (Phi) is 5.17. The normalized spacial score (nSPS) is 10.2.